The van der Waals surface area contributed by atoms with Crippen molar-refractivity contribution in [3.8, 4) is 17.0 Å². The van der Waals surface area contributed by atoms with E-state index >= 15 is 0 Å². The van der Waals surface area contributed by atoms with Crippen LogP contribution >= 0.6 is 12.4 Å². The number of allylic oxidation sites excluding steroid dienone is 2. The van der Waals surface area contributed by atoms with Crippen LogP contribution < -0.4 is 4.74 Å². The molecule has 2 aromatic heterocycles. The van der Waals surface area contributed by atoms with Gasteiger partial charge in [-0.15, -0.1) is 12.4 Å². The van der Waals surface area contributed by atoms with E-state index in [0.29, 0.717) is 5.88 Å². The molecule has 0 bridgehead atoms. The van der Waals surface area contributed by atoms with Gasteiger partial charge < -0.3 is 4.74 Å². The van der Waals surface area contributed by atoms with Crippen LogP contribution in [0.15, 0.2) is 36.4 Å². The van der Waals surface area contributed by atoms with E-state index in [0.717, 1.165) is 41.6 Å². The Morgan fingerprint density at radius 2 is 1.93 bits per heavy atom. The molecular weight excluding hydrogens is 358 g/mol. The average molecular weight is 386 g/mol. The second-order valence-electron chi connectivity index (χ2n) is 6.55. The molecule has 0 N–H and O–H groups in total. The topological polar surface area (TPSA) is 39.9 Å². The lowest BCUT2D eigenvalue weighted by Gasteiger charge is -2.09. The maximum atomic E-state index is 5.24. The molecule has 0 atom stereocenters. The molecule has 5 heteroatoms. The monoisotopic (exact) mass is 385 g/mol. The van der Waals surface area contributed by atoms with Gasteiger partial charge in [0.1, 0.15) is 5.52 Å². The predicted octanol–water partition coefficient (Wildman–Crippen LogP) is 5.97. The van der Waals surface area contributed by atoms with Gasteiger partial charge in [0, 0.05) is 35.3 Å². The largest absolute Gasteiger partial charge is 0.481 e. The van der Waals surface area contributed by atoms with Gasteiger partial charge in [-0.05, 0) is 31.4 Å². The third-order valence-electron chi connectivity index (χ3n) is 4.70. The van der Waals surface area contributed by atoms with Gasteiger partial charge in [0.2, 0.25) is 5.88 Å². The van der Waals surface area contributed by atoms with Crippen LogP contribution in [0.5, 0.6) is 5.88 Å². The molecule has 0 unspecified atom stereocenters. The lowest BCUT2D eigenvalue weighted by atomic mass is 9.98. The number of hydrogen-bond acceptors (Lipinski definition) is 3. The molecule has 0 fully saturated rings. The summed E-state index contributed by atoms with van der Waals surface area (Å²) in [4.78, 5) is 4.53. The summed E-state index contributed by atoms with van der Waals surface area (Å²) in [5.74, 6) is 0.635. The quantitative estimate of drug-likeness (QED) is 0.525. The summed E-state index contributed by atoms with van der Waals surface area (Å²) in [6, 6.07) is 10.4. The summed E-state index contributed by atoms with van der Waals surface area (Å²) < 4.78 is 7.27. The third-order valence-corrected chi connectivity index (χ3v) is 4.70. The van der Waals surface area contributed by atoms with Crippen LogP contribution in [-0.4, -0.2) is 21.9 Å². The van der Waals surface area contributed by atoms with E-state index in [1.54, 1.807) is 7.11 Å². The zero-order chi connectivity index (χ0) is 18.7. The minimum Gasteiger partial charge on any atom is -0.481 e. The first-order valence-electron chi connectivity index (χ1n) is 9.27. The highest BCUT2D eigenvalue weighted by molar-refractivity contribution is 5.99. The van der Waals surface area contributed by atoms with Gasteiger partial charge in [0.25, 0.3) is 0 Å². The second-order valence-corrected chi connectivity index (χ2v) is 6.55. The Morgan fingerprint density at radius 3 is 2.56 bits per heavy atom. The van der Waals surface area contributed by atoms with Crippen molar-refractivity contribution in [1.82, 2.24) is 14.8 Å². The molecular formula is C22H28ClN3O. The highest BCUT2D eigenvalue weighted by atomic mass is 35.5. The van der Waals surface area contributed by atoms with Crippen LogP contribution in [0.4, 0.5) is 0 Å². The van der Waals surface area contributed by atoms with E-state index in [1.165, 1.54) is 16.7 Å². The number of methoxy groups -OCH3 is 1. The van der Waals surface area contributed by atoms with Crippen molar-refractivity contribution in [2.45, 2.75) is 40.0 Å². The molecule has 0 saturated heterocycles. The summed E-state index contributed by atoms with van der Waals surface area (Å²) in [6.07, 6.45) is 5.55. The number of hydrogen-bond donors (Lipinski definition) is 0. The summed E-state index contributed by atoms with van der Waals surface area (Å²) in [7, 11) is 3.68. The number of halogens is 1. The Hall–Kier alpha value is -2.33. The first-order valence-corrected chi connectivity index (χ1v) is 9.27. The fourth-order valence-electron chi connectivity index (χ4n) is 3.58. The molecule has 0 aliphatic carbocycles. The van der Waals surface area contributed by atoms with E-state index in [1.807, 2.05) is 24.7 Å². The lowest BCUT2D eigenvalue weighted by molar-refractivity contribution is 0.397. The molecule has 144 valence electrons. The van der Waals surface area contributed by atoms with Crippen LogP contribution in [0.25, 0.3) is 27.6 Å². The molecule has 3 aromatic rings. The molecule has 3 rings (SSSR count). The summed E-state index contributed by atoms with van der Waals surface area (Å²) >= 11 is 0. The van der Waals surface area contributed by atoms with E-state index in [2.05, 4.69) is 49.2 Å². The van der Waals surface area contributed by atoms with Crippen molar-refractivity contribution in [3.63, 3.8) is 0 Å². The third kappa shape index (κ3) is 4.01. The fourth-order valence-corrected chi connectivity index (χ4v) is 3.58. The Labute approximate surface area is 167 Å². The normalized spacial score (nSPS) is 11.5. The van der Waals surface area contributed by atoms with Crippen LogP contribution in [0.3, 0.4) is 0 Å². The number of benzene rings is 1. The number of rotatable bonds is 6. The Morgan fingerprint density at radius 1 is 1.15 bits per heavy atom. The first kappa shape index (κ1) is 21.0. The first-order chi connectivity index (χ1) is 12.6. The van der Waals surface area contributed by atoms with Gasteiger partial charge in [0.05, 0.1) is 12.8 Å². The van der Waals surface area contributed by atoms with E-state index in [4.69, 9.17) is 9.84 Å². The molecule has 1 aromatic carbocycles. The van der Waals surface area contributed by atoms with Gasteiger partial charge >= 0.3 is 0 Å². The second kappa shape index (κ2) is 9.05. The lowest BCUT2D eigenvalue weighted by Crippen LogP contribution is -1.98. The summed E-state index contributed by atoms with van der Waals surface area (Å²) in [5, 5.41) is 6.08. The van der Waals surface area contributed by atoms with E-state index in [9.17, 15) is 0 Å². The van der Waals surface area contributed by atoms with Crippen molar-refractivity contribution in [3.05, 3.63) is 47.8 Å². The molecule has 0 saturated carbocycles. The molecule has 0 radical (unpaired) electrons. The van der Waals surface area contributed by atoms with Crippen LogP contribution in [-0.2, 0) is 7.05 Å². The summed E-state index contributed by atoms with van der Waals surface area (Å²) in [5.41, 5.74) is 6.79. The maximum Gasteiger partial charge on any atom is 0.213 e. The highest BCUT2D eigenvalue weighted by Gasteiger charge is 2.17. The molecule has 0 aliphatic rings. The number of aromatic nitrogens is 3. The van der Waals surface area contributed by atoms with Gasteiger partial charge in [-0.25, -0.2) is 4.98 Å². The van der Waals surface area contributed by atoms with Crippen molar-refractivity contribution in [1.29, 1.82) is 0 Å². The Bertz CT molecular complexity index is 960. The molecule has 27 heavy (non-hydrogen) atoms. The predicted molar refractivity (Wildman–Crippen MR) is 116 cm³/mol. The van der Waals surface area contributed by atoms with Gasteiger partial charge in [-0.3, -0.25) is 4.68 Å². The maximum absolute atomic E-state index is 5.24. The molecule has 4 nitrogen and oxygen atoms in total. The highest BCUT2D eigenvalue weighted by Crippen LogP contribution is 2.35. The number of nitrogens with zero attached hydrogens (tertiary/aromatic N) is 3. The zero-order valence-electron chi connectivity index (χ0n) is 16.7. The van der Waals surface area contributed by atoms with Crippen molar-refractivity contribution < 1.29 is 4.74 Å². The molecule has 0 spiro atoms. The molecule has 0 aliphatic heterocycles. The number of aryl methyl sites for hydroxylation is 2. The van der Waals surface area contributed by atoms with E-state index in [-0.39, 0.29) is 12.4 Å². The molecule has 2 heterocycles. The standard InChI is InChI=1S/C22H27N3O.ClH/c1-6-9-16(10-7-2)22-19-12-8-11-18(21(19)24-25(22)4)17-13-14-20(26-5)23-15(17)3;/h8-9,11-14H,6-7,10H2,1-5H3;1H. The van der Waals surface area contributed by atoms with Gasteiger partial charge in [0.15, 0.2) is 0 Å². The van der Waals surface area contributed by atoms with E-state index < -0.39 is 0 Å². The van der Waals surface area contributed by atoms with Crippen LogP contribution in [0.2, 0.25) is 0 Å². The van der Waals surface area contributed by atoms with Crippen molar-refractivity contribution in [2.24, 2.45) is 7.05 Å². The van der Waals surface area contributed by atoms with Crippen LogP contribution in [0, 0.1) is 6.92 Å². The minimum atomic E-state index is 0. The Balaban J connectivity index is 0.00000261. The SMILES string of the molecule is CCC=C(CCC)c1c2cccc(-c3ccc(OC)nc3C)c2nn1C.Cl. The zero-order valence-corrected chi connectivity index (χ0v) is 17.6. The Kier molecular flexibility index (Phi) is 7.03. The number of ether oxygens (including phenoxy) is 1. The van der Waals surface area contributed by atoms with Crippen LogP contribution in [0.1, 0.15) is 44.5 Å². The average Bonchev–Trinajstić information content (AvgIpc) is 2.97. The smallest absolute Gasteiger partial charge is 0.213 e. The van der Waals surface area contributed by atoms with Gasteiger partial charge in [-0.1, -0.05) is 44.5 Å². The number of pyridine rings is 1. The summed E-state index contributed by atoms with van der Waals surface area (Å²) in [6.45, 7) is 6.42. The number of fused-ring (bicyclic) bond motifs is 1. The van der Waals surface area contributed by atoms with Crippen molar-refractivity contribution >= 4 is 28.9 Å². The minimum absolute atomic E-state index is 0. The molecule has 0 amide bonds. The van der Waals surface area contributed by atoms with Gasteiger partial charge in [-0.2, -0.15) is 5.10 Å². The fraction of sp³-hybridized carbons (Fsp3) is 0.364. The van der Waals surface area contributed by atoms with Crippen molar-refractivity contribution in [2.75, 3.05) is 7.11 Å².